The van der Waals surface area contributed by atoms with Gasteiger partial charge in [-0.3, -0.25) is 24.1 Å². The predicted molar refractivity (Wildman–Crippen MR) is 275 cm³/mol. The number of carbonyl (C=O) groups is 5. The van der Waals surface area contributed by atoms with Crippen LogP contribution in [0, 0.1) is 18.3 Å². The number of hydrogen-bond acceptors (Lipinski definition) is 16. The van der Waals surface area contributed by atoms with Crippen LogP contribution < -0.4 is 14.5 Å². The Morgan fingerprint density at radius 3 is 2.14 bits per heavy atom. The number of piperidine rings is 2. The number of likely N-dealkylation sites (tertiary alicyclic amines) is 1. The molecule has 1 aromatic heterocycles. The SMILES string of the molecule is [C-]#[N+]c1ccc(OC2CCC(N3Cc4nc(N5CCC(CN6CCN(c7cc8c(cc7F)C(=O)N(C7CCC(=O)N(COC(=O)OCCOCCOCCOCCOC)C7=O)C8)CC6)CC5)ccc4C3=O)CC2)cc1Cl. The van der Waals surface area contributed by atoms with E-state index >= 15 is 4.39 Å². The van der Waals surface area contributed by atoms with Gasteiger partial charge in [0.2, 0.25) is 11.6 Å². The fourth-order valence-electron chi connectivity index (χ4n) is 11.0. The first kappa shape index (κ1) is 54.6. The number of halogens is 2. The largest absolute Gasteiger partial charge is 0.510 e. The van der Waals surface area contributed by atoms with Crippen molar-refractivity contribution < 1.29 is 61.5 Å². The average Bonchev–Trinajstić information content (AvgIpc) is 3.98. The van der Waals surface area contributed by atoms with Crippen LogP contribution in [0.3, 0.4) is 0 Å². The van der Waals surface area contributed by atoms with Gasteiger partial charge in [0.15, 0.2) is 6.73 Å². The zero-order chi connectivity index (χ0) is 53.1. The molecule has 408 valence electrons. The number of imide groups is 1. The normalized spacial score (nSPS) is 21.3. The van der Waals surface area contributed by atoms with Crippen LogP contribution in [-0.2, 0) is 51.1 Å². The number of fused-ring (bicyclic) bond motifs is 2. The molecule has 20 nitrogen and oxygen atoms in total. The van der Waals surface area contributed by atoms with Crippen molar-refractivity contribution in [2.45, 2.75) is 82.6 Å². The average molecular weight is 1070 g/mol. The van der Waals surface area contributed by atoms with Gasteiger partial charge >= 0.3 is 6.16 Å². The third-order valence-corrected chi connectivity index (χ3v) is 15.5. The first-order chi connectivity index (χ1) is 37.0. The summed E-state index contributed by atoms with van der Waals surface area (Å²) in [5.74, 6) is -0.137. The maximum atomic E-state index is 15.9. The fourth-order valence-corrected chi connectivity index (χ4v) is 11.2. The molecule has 9 rings (SSSR count). The number of anilines is 2. The van der Waals surface area contributed by atoms with E-state index in [-0.39, 0.29) is 62.8 Å². The minimum absolute atomic E-state index is 0.0230. The lowest BCUT2D eigenvalue weighted by atomic mass is 9.92. The zero-order valence-electron chi connectivity index (χ0n) is 43.0. The lowest BCUT2D eigenvalue weighted by molar-refractivity contribution is -0.157. The maximum Gasteiger partial charge on any atom is 0.510 e. The number of methoxy groups -OCH3 is 1. The molecule has 1 aliphatic carbocycles. The Hall–Kier alpha value is -6.15. The van der Waals surface area contributed by atoms with Crippen LogP contribution >= 0.6 is 11.6 Å². The molecule has 4 fully saturated rings. The van der Waals surface area contributed by atoms with Crippen molar-refractivity contribution in [3.05, 3.63) is 87.1 Å². The van der Waals surface area contributed by atoms with Crippen molar-refractivity contribution in [1.29, 1.82) is 0 Å². The number of nitrogens with zero attached hydrogens (tertiary/aromatic N) is 8. The second-order valence-electron chi connectivity index (χ2n) is 19.9. The molecule has 1 atom stereocenters. The Morgan fingerprint density at radius 2 is 1.45 bits per heavy atom. The first-order valence-electron chi connectivity index (χ1n) is 26.3. The van der Waals surface area contributed by atoms with E-state index in [0.29, 0.717) is 91.9 Å². The summed E-state index contributed by atoms with van der Waals surface area (Å²) >= 11 is 6.22. The molecule has 0 spiro atoms. The van der Waals surface area contributed by atoms with Crippen molar-refractivity contribution >= 4 is 58.6 Å². The summed E-state index contributed by atoms with van der Waals surface area (Å²) in [4.78, 5) is 85.3. The van der Waals surface area contributed by atoms with Gasteiger partial charge in [0, 0.05) is 77.5 Å². The molecule has 22 heteroatoms. The molecule has 0 radical (unpaired) electrons. The van der Waals surface area contributed by atoms with Gasteiger partial charge in [-0.1, -0.05) is 17.7 Å². The number of aromatic nitrogens is 1. The molecule has 4 amide bonds. The Morgan fingerprint density at radius 1 is 0.750 bits per heavy atom. The van der Waals surface area contributed by atoms with Crippen LogP contribution in [0.15, 0.2) is 42.5 Å². The van der Waals surface area contributed by atoms with E-state index in [2.05, 4.69) is 14.6 Å². The van der Waals surface area contributed by atoms with E-state index in [1.165, 1.54) is 11.0 Å². The summed E-state index contributed by atoms with van der Waals surface area (Å²) < 4.78 is 53.1. The van der Waals surface area contributed by atoms with Gasteiger partial charge in [-0.15, -0.1) is 0 Å². The van der Waals surface area contributed by atoms with Crippen LogP contribution in [-0.4, -0.2) is 185 Å². The molecule has 1 saturated carbocycles. The quantitative estimate of drug-likeness (QED) is 0.0487. The minimum Gasteiger partial charge on any atom is -0.490 e. The summed E-state index contributed by atoms with van der Waals surface area (Å²) in [6.07, 6.45) is 4.29. The summed E-state index contributed by atoms with van der Waals surface area (Å²) in [6, 6.07) is 11.2. The summed E-state index contributed by atoms with van der Waals surface area (Å²) in [5, 5.41) is 0.380. The van der Waals surface area contributed by atoms with Crippen LogP contribution in [0.25, 0.3) is 4.85 Å². The number of carbonyl (C=O) groups excluding carboxylic acids is 5. The number of hydrogen-bond donors (Lipinski definition) is 0. The van der Waals surface area contributed by atoms with Crippen LogP contribution in [0.2, 0.25) is 5.02 Å². The molecule has 0 bridgehead atoms. The maximum absolute atomic E-state index is 15.9. The molecule has 5 aliphatic heterocycles. The van der Waals surface area contributed by atoms with Crippen molar-refractivity contribution in [3.63, 3.8) is 0 Å². The van der Waals surface area contributed by atoms with E-state index in [4.69, 9.17) is 56.3 Å². The van der Waals surface area contributed by atoms with Gasteiger partial charge in [0.05, 0.1) is 87.4 Å². The lowest BCUT2D eigenvalue weighted by Gasteiger charge is -2.40. The molecule has 3 aromatic rings. The van der Waals surface area contributed by atoms with Crippen molar-refractivity contribution in [2.24, 2.45) is 5.92 Å². The molecule has 6 aliphatic rings. The number of piperazine rings is 1. The second-order valence-corrected chi connectivity index (χ2v) is 20.3. The summed E-state index contributed by atoms with van der Waals surface area (Å²) in [6.45, 7) is 14.9. The molecule has 6 heterocycles. The molecule has 0 N–H and O–H groups in total. The number of pyridine rings is 1. The fraction of sp³-hybridized carbons (Fsp3) is 0.574. The third kappa shape index (κ3) is 13.1. The summed E-state index contributed by atoms with van der Waals surface area (Å²) in [5.41, 5.74) is 3.12. The predicted octanol–water partition coefficient (Wildman–Crippen LogP) is 6.09. The highest BCUT2D eigenvalue weighted by molar-refractivity contribution is 6.33. The summed E-state index contributed by atoms with van der Waals surface area (Å²) in [7, 11) is 1.60. The Bertz CT molecular complexity index is 2620. The molecular formula is C54H66ClFN8O12. The molecule has 76 heavy (non-hydrogen) atoms. The highest BCUT2D eigenvalue weighted by atomic mass is 35.5. The standard InChI is InChI=1S/C54H66ClFN8O12/c1-57-45-9-7-40(30-43(45)55)76-39-5-3-38(4-6-39)62-34-46-41(51(62)66)8-11-49(58-46)61-15-13-36(14-16-61)32-59-17-19-60(20-18-59)48-29-37-33-63(52(67)42(37)31-44(48)56)47-10-12-50(65)64(53(47)68)35-75-54(69)74-28-27-73-26-25-72-24-23-71-22-21-70-2/h7-9,11,29-31,36,38-39,47H,3-6,10,12-28,32-35H2,2H3. The van der Waals surface area contributed by atoms with Gasteiger partial charge in [-0.25, -0.2) is 23.9 Å². The van der Waals surface area contributed by atoms with E-state index in [1.807, 2.05) is 21.9 Å². The van der Waals surface area contributed by atoms with Crippen LogP contribution in [0.4, 0.5) is 26.4 Å². The van der Waals surface area contributed by atoms with Gasteiger partial charge in [0.1, 0.15) is 30.0 Å². The number of ether oxygens (including phenoxy) is 7. The van der Waals surface area contributed by atoms with Crippen molar-refractivity contribution in [2.75, 3.05) is 122 Å². The monoisotopic (exact) mass is 1070 g/mol. The Kier molecular flexibility index (Phi) is 18.5. The molecule has 1 unspecified atom stereocenters. The van der Waals surface area contributed by atoms with E-state index < -0.39 is 42.5 Å². The molecule has 3 saturated heterocycles. The van der Waals surface area contributed by atoms with E-state index in [1.54, 1.807) is 31.4 Å². The topological polar surface area (TPSA) is 187 Å². The third-order valence-electron chi connectivity index (χ3n) is 15.2. The highest BCUT2D eigenvalue weighted by Crippen LogP contribution is 2.37. The van der Waals surface area contributed by atoms with Crippen molar-refractivity contribution in [3.8, 4) is 5.75 Å². The first-order valence-corrected chi connectivity index (χ1v) is 26.7. The van der Waals surface area contributed by atoms with Gasteiger partial charge in [-0.2, -0.15) is 0 Å². The van der Waals surface area contributed by atoms with Crippen molar-refractivity contribution in [1.82, 2.24) is 24.6 Å². The van der Waals surface area contributed by atoms with Gasteiger partial charge in [0.25, 0.3) is 17.7 Å². The number of benzene rings is 2. The Balaban J connectivity index is 0.677. The van der Waals surface area contributed by atoms with Crippen LogP contribution in [0.5, 0.6) is 5.75 Å². The van der Waals surface area contributed by atoms with E-state index in [9.17, 15) is 24.0 Å². The van der Waals surface area contributed by atoms with Gasteiger partial charge < -0.3 is 52.8 Å². The number of amides is 4. The van der Waals surface area contributed by atoms with E-state index in [0.717, 1.165) is 87.7 Å². The highest BCUT2D eigenvalue weighted by Gasteiger charge is 2.44. The van der Waals surface area contributed by atoms with Gasteiger partial charge in [-0.05, 0) is 92.8 Å². The smallest absolute Gasteiger partial charge is 0.490 e. The second kappa shape index (κ2) is 25.8. The van der Waals surface area contributed by atoms with Crippen LogP contribution in [0.1, 0.15) is 83.3 Å². The minimum atomic E-state index is -1.09. The Labute approximate surface area is 446 Å². The lowest BCUT2D eigenvalue weighted by Crippen LogP contribution is -2.55. The molecule has 2 aromatic carbocycles. The zero-order valence-corrected chi connectivity index (χ0v) is 43.7. The number of rotatable bonds is 22. The molecular weight excluding hydrogens is 1010 g/mol.